The van der Waals surface area contributed by atoms with Crippen LogP contribution in [0.15, 0.2) is 12.1 Å². The highest BCUT2D eigenvalue weighted by atomic mass is 35.5. The second-order valence-corrected chi connectivity index (χ2v) is 7.00. The first-order valence-corrected chi connectivity index (χ1v) is 7.03. The largest absolute Gasteiger partial charge is 0.390 e. The molecule has 0 bridgehead atoms. The minimum atomic E-state index is -0.112. The third-order valence-corrected chi connectivity index (χ3v) is 4.44. The van der Waals surface area contributed by atoms with Crippen molar-refractivity contribution in [2.75, 3.05) is 23.7 Å². The Bertz CT molecular complexity index is 411. The molecule has 2 heterocycles. The van der Waals surface area contributed by atoms with Crippen LogP contribution in [0.1, 0.15) is 19.5 Å². The van der Waals surface area contributed by atoms with E-state index in [2.05, 4.69) is 23.7 Å². The fourth-order valence-corrected chi connectivity index (χ4v) is 3.25. The first kappa shape index (κ1) is 13.0. The number of pyridine rings is 1. The van der Waals surface area contributed by atoms with Crippen LogP contribution in [0.5, 0.6) is 0 Å². The van der Waals surface area contributed by atoms with Crippen molar-refractivity contribution in [3.63, 3.8) is 0 Å². The zero-order chi connectivity index (χ0) is 12.5. The molecule has 5 heteroatoms. The standard InChI is InChI=1S/C12H17ClN2OS/c1-12(2)8-15(5-6-17-12)11-4-3-9(13)10(7-16)14-11/h3-4,16H,5-8H2,1-2H3. The van der Waals surface area contributed by atoms with Crippen LogP contribution in [0, 0.1) is 0 Å². The molecule has 2 rings (SSSR count). The van der Waals surface area contributed by atoms with E-state index in [9.17, 15) is 5.11 Å². The molecule has 1 aromatic rings. The van der Waals surface area contributed by atoms with Crippen LogP contribution in [0.4, 0.5) is 5.82 Å². The molecule has 0 aliphatic carbocycles. The second kappa shape index (κ2) is 5.04. The fraction of sp³-hybridized carbons (Fsp3) is 0.583. The first-order valence-electron chi connectivity index (χ1n) is 5.67. The molecule has 0 atom stereocenters. The number of halogens is 1. The third kappa shape index (κ3) is 3.06. The van der Waals surface area contributed by atoms with Crippen LogP contribution in [0.2, 0.25) is 5.02 Å². The van der Waals surface area contributed by atoms with E-state index in [0.717, 1.165) is 24.7 Å². The predicted molar refractivity (Wildman–Crippen MR) is 73.9 cm³/mol. The van der Waals surface area contributed by atoms with Gasteiger partial charge in [0, 0.05) is 23.6 Å². The van der Waals surface area contributed by atoms with Crippen molar-refractivity contribution in [3.05, 3.63) is 22.8 Å². The number of hydrogen-bond acceptors (Lipinski definition) is 4. The van der Waals surface area contributed by atoms with Gasteiger partial charge in [0.05, 0.1) is 17.3 Å². The monoisotopic (exact) mass is 272 g/mol. The predicted octanol–water partition coefficient (Wildman–Crippen LogP) is 2.56. The minimum absolute atomic E-state index is 0.112. The summed E-state index contributed by atoms with van der Waals surface area (Å²) in [6, 6.07) is 3.73. The fourth-order valence-electron chi connectivity index (χ4n) is 1.97. The number of anilines is 1. The number of aromatic nitrogens is 1. The summed E-state index contributed by atoms with van der Waals surface area (Å²) in [6.45, 7) is 6.34. The maximum atomic E-state index is 9.17. The van der Waals surface area contributed by atoms with Crippen LogP contribution < -0.4 is 4.90 Å². The third-order valence-electron chi connectivity index (χ3n) is 2.80. The van der Waals surface area contributed by atoms with Gasteiger partial charge in [-0.2, -0.15) is 11.8 Å². The van der Waals surface area contributed by atoms with E-state index in [0.29, 0.717) is 10.7 Å². The van der Waals surface area contributed by atoms with Gasteiger partial charge < -0.3 is 10.0 Å². The molecular formula is C12H17ClN2OS. The zero-order valence-electron chi connectivity index (χ0n) is 10.1. The van der Waals surface area contributed by atoms with Crippen molar-refractivity contribution in [3.8, 4) is 0 Å². The molecule has 0 unspecified atom stereocenters. The number of aliphatic hydroxyl groups is 1. The Kier molecular flexibility index (Phi) is 3.85. The summed E-state index contributed by atoms with van der Waals surface area (Å²) in [5.74, 6) is 2.01. The summed E-state index contributed by atoms with van der Waals surface area (Å²) < 4.78 is 0.249. The van der Waals surface area contributed by atoms with Gasteiger partial charge in [0.15, 0.2) is 0 Å². The van der Waals surface area contributed by atoms with Gasteiger partial charge in [0.2, 0.25) is 0 Å². The molecule has 1 fully saturated rings. The molecule has 3 nitrogen and oxygen atoms in total. The van der Waals surface area contributed by atoms with Gasteiger partial charge in [0.25, 0.3) is 0 Å². The lowest BCUT2D eigenvalue weighted by atomic mass is 10.2. The highest BCUT2D eigenvalue weighted by molar-refractivity contribution is 8.00. The SMILES string of the molecule is CC1(C)CN(c2ccc(Cl)c(CO)n2)CCS1. The first-order chi connectivity index (χ1) is 8.02. The van der Waals surface area contributed by atoms with Gasteiger partial charge in [-0.15, -0.1) is 0 Å². The van der Waals surface area contributed by atoms with E-state index in [1.54, 1.807) is 0 Å². The molecule has 1 aliphatic rings. The summed E-state index contributed by atoms with van der Waals surface area (Å²) in [4.78, 5) is 6.67. The molecule has 1 saturated heterocycles. The van der Waals surface area contributed by atoms with Crippen LogP contribution in [-0.4, -0.2) is 33.7 Å². The Morgan fingerprint density at radius 2 is 2.29 bits per heavy atom. The molecule has 94 valence electrons. The van der Waals surface area contributed by atoms with E-state index < -0.39 is 0 Å². The molecule has 17 heavy (non-hydrogen) atoms. The lowest BCUT2D eigenvalue weighted by Crippen LogP contribution is -2.43. The Morgan fingerprint density at radius 3 is 2.94 bits per heavy atom. The summed E-state index contributed by atoms with van der Waals surface area (Å²) >= 11 is 7.93. The summed E-state index contributed by atoms with van der Waals surface area (Å²) in [7, 11) is 0. The summed E-state index contributed by atoms with van der Waals surface area (Å²) in [5.41, 5.74) is 0.556. The van der Waals surface area contributed by atoms with E-state index >= 15 is 0 Å². The van der Waals surface area contributed by atoms with Gasteiger partial charge in [0.1, 0.15) is 5.82 Å². The summed E-state index contributed by atoms with van der Waals surface area (Å²) in [5, 5.41) is 9.70. The van der Waals surface area contributed by atoms with Crippen molar-refractivity contribution >= 4 is 29.2 Å². The zero-order valence-corrected chi connectivity index (χ0v) is 11.7. The van der Waals surface area contributed by atoms with E-state index in [1.165, 1.54) is 0 Å². The quantitative estimate of drug-likeness (QED) is 0.898. The van der Waals surface area contributed by atoms with Crippen molar-refractivity contribution in [1.82, 2.24) is 4.98 Å². The Balaban J connectivity index is 2.22. The highest BCUT2D eigenvalue weighted by Crippen LogP contribution is 2.32. The van der Waals surface area contributed by atoms with Crippen molar-refractivity contribution in [1.29, 1.82) is 0 Å². The van der Waals surface area contributed by atoms with Gasteiger partial charge in [-0.3, -0.25) is 0 Å². The van der Waals surface area contributed by atoms with Gasteiger partial charge >= 0.3 is 0 Å². The Hall–Kier alpha value is -0.450. The van der Waals surface area contributed by atoms with Crippen LogP contribution in [-0.2, 0) is 6.61 Å². The normalized spacial score (nSPS) is 19.4. The van der Waals surface area contributed by atoms with Crippen molar-refractivity contribution in [2.45, 2.75) is 25.2 Å². The molecule has 0 spiro atoms. The molecule has 1 N–H and O–H groups in total. The number of nitrogens with zero attached hydrogens (tertiary/aromatic N) is 2. The average molecular weight is 273 g/mol. The second-order valence-electron chi connectivity index (χ2n) is 4.79. The number of hydrogen-bond donors (Lipinski definition) is 1. The maximum Gasteiger partial charge on any atom is 0.129 e. The number of thioether (sulfide) groups is 1. The van der Waals surface area contributed by atoms with Crippen LogP contribution >= 0.6 is 23.4 Å². The van der Waals surface area contributed by atoms with Crippen LogP contribution in [0.25, 0.3) is 0 Å². The molecule has 0 saturated carbocycles. The highest BCUT2D eigenvalue weighted by Gasteiger charge is 2.27. The van der Waals surface area contributed by atoms with Crippen molar-refractivity contribution in [2.24, 2.45) is 0 Å². The molecule has 0 radical (unpaired) electrons. The number of aliphatic hydroxyl groups excluding tert-OH is 1. The molecule has 1 aliphatic heterocycles. The van der Waals surface area contributed by atoms with Gasteiger partial charge in [-0.1, -0.05) is 11.6 Å². The summed E-state index contributed by atoms with van der Waals surface area (Å²) in [6.07, 6.45) is 0. The topological polar surface area (TPSA) is 36.4 Å². The van der Waals surface area contributed by atoms with E-state index in [-0.39, 0.29) is 11.4 Å². The van der Waals surface area contributed by atoms with E-state index in [1.807, 2.05) is 23.9 Å². The Morgan fingerprint density at radius 1 is 1.53 bits per heavy atom. The maximum absolute atomic E-state index is 9.17. The molecule has 0 aromatic carbocycles. The van der Waals surface area contributed by atoms with Gasteiger partial charge in [-0.25, -0.2) is 4.98 Å². The lowest BCUT2D eigenvalue weighted by molar-refractivity contribution is 0.277. The number of rotatable bonds is 2. The van der Waals surface area contributed by atoms with Crippen molar-refractivity contribution < 1.29 is 5.11 Å². The molecular weight excluding hydrogens is 256 g/mol. The smallest absolute Gasteiger partial charge is 0.129 e. The lowest BCUT2D eigenvalue weighted by Gasteiger charge is -2.38. The minimum Gasteiger partial charge on any atom is -0.390 e. The average Bonchev–Trinajstić information content (AvgIpc) is 2.28. The van der Waals surface area contributed by atoms with Gasteiger partial charge in [-0.05, 0) is 26.0 Å². The molecule has 0 amide bonds. The van der Waals surface area contributed by atoms with Crippen LogP contribution in [0.3, 0.4) is 0 Å². The van der Waals surface area contributed by atoms with E-state index in [4.69, 9.17) is 11.6 Å². The molecule has 1 aromatic heterocycles. The Labute approximate surface area is 111 Å².